The zero-order valence-electron chi connectivity index (χ0n) is 14.6. The highest BCUT2D eigenvalue weighted by Gasteiger charge is 2.13. The van der Waals surface area contributed by atoms with Crippen molar-refractivity contribution >= 4 is 29.1 Å². The molecule has 0 saturated carbocycles. The second kappa shape index (κ2) is 8.75. The van der Waals surface area contributed by atoms with Crippen molar-refractivity contribution in [3.63, 3.8) is 0 Å². The normalized spacial score (nSPS) is 10.1. The summed E-state index contributed by atoms with van der Waals surface area (Å²) in [6.45, 7) is 3.30. The third-order valence-electron chi connectivity index (χ3n) is 3.59. The molecular weight excluding hydrogens is 337 g/mol. The lowest BCUT2D eigenvalue weighted by Crippen LogP contribution is -2.37. The highest BCUT2D eigenvalue weighted by molar-refractivity contribution is 5.95. The minimum atomic E-state index is -0.414. The van der Waals surface area contributed by atoms with Crippen LogP contribution in [0.25, 0.3) is 0 Å². The van der Waals surface area contributed by atoms with Crippen molar-refractivity contribution in [3.05, 3.63) is 59.9 Å². The number of amides is 3. The summed E-state index contributed by atoms with van der Waals surface area (Å²) >= 11 is 0. The van der Waals surface area contributed by atoms with Crippen LogP contribution in [0.5, 0.6) is 0 Å². The molecule has 26 heavy (non-hydrogen) atoms. The van der Waals surface area contributed by atoms with Gasteiger partial charge in [0, 0.05) is 43.9 Å². The number of nitrogens with one attached hydrogen (secondary N) is 2. The smallest absolute Gasteiger partial charge is 0.251 e. The number of carbonyl (C=O) groups is 3. The molecule has 0 spiro atoms. The lowest BCUT2D eigenvalue weighted by Gasteiger charge is -2.22. The highest BCUT2D eigenvalue weighted by Crippen LogP contribution is 2.19. The number of rotatable bonds is 6. The molecule has 0 aliphatic carbocycles. The van der Waals surface area contributed by atoms with E-state index >= 15 is 0 Å². The number of benzene rings is 2. The molecule has 136 valence electrons. The molecule has 0 heterocycles. The van der Waals surface area contributed by atoms with Crippen molar-refractivity contribution in [1.82, 2.24) is 5.32 Å². The molecule has 0 atom stereocenters. The molecule has 0 saturated heterocycles. The molecule has 2 aromatic rings. The summed E-state index contributed by atoms with van der Waals surface area (Å²) in [5.74, 6) is -1.16. The van der Waals surface area contributed by atoms with E-state index in [2.05, 4.69) is 10.6 Å². The van der Waals surface area contributed by atoms with Gasteiger partial charge in [-0.25, -0.2) is 4.39 Å². The fourth-order valence-corrected chi connectivity index (χ4v) is 2.41. The van der Waals surface area contributed by atoms with E-state index in [1.54, 1.807) is 24.3 Å². The summed E-state index contributed by atoms with van der Waals surface area (Å²) in [6, 6.07) is 12.1. The third kappa shape index (κ3) is 5.41. The van der Waals surface area contributed by atoms with E-state index in [4.69, 9.17) is 0 Å². The molecule has 2 aromatic carbocycles. The number of anilines is 2. The average Bonchev–Trinajstić information content (AvgIpc) is 2.58. The lowest BCUT2D eigenvalue weighted by atomic mass is 10.2. The Morgan fingerprint density at radius 2 is 1.73 bits per heavy atom. The Morgan fingerprint density at radius 3 is 2.35 bits per heavy atom. The molecular formula is C19H20FN3O3. The van der Waals surface area contributed by atoms with Crippen LogP contribution in [0.1, 0.15) is 24.2 Å². The molecule has 0 aliphatic rings. The van der Waals surface area contributed by atoms with Crippen LogP contribution in [0, 0.1) is 5.82 Å². The summed E-state index contributed by atoms with van der Waals surface area (Å²) in [6.07, 6.45) is 0. The van der Waals surface area contributed by atoms with Gasteiger partial charge in [-0.15, -0.1) is 0 Å². The van der Waals surface area contributed by atoms with Gasteiger partial charge in [0.15, 0.2) is 0 Å². The minimum absolute atomic E-state index is 0.194. The number of carbonyl (C=O) groups excluding carboxylic acids is 3. The van der Waals surface area contributed by atoms with Gasteiger partial charge < -0.3 is 15.5 Å². The second-order valence-corrected chi connectivity index (χ2v) is 5.66. The fourth-order valence-electron chi connectivity index (χ4n) is 2.41. The summed E-state index contributed by atoms with van der Waals surface area (Å²) in [5, 5.41) is 5.36. The maximum Gasteiger partial charge on any atom is 0.251 e. The number of nitrogens with zero attached hydrogens (tertiary/aromatic N) is 1. The molecule has 0 radical (unpaired) electrons. The molecule has 7 heteroatoms. The molecule has 6 nitrogen and oxygen atoms in total. The van der Waals surface area contributed by atoms with Gasteiger partial charge in [0.2, 0.25) is 11.8 Å². The first-order valence-electron chi connectivity index (χ1n) is 8.06. The SMILES string of the molecule is CC(=O)Nc1cccc(N(CCNC(=O)c2ccc(F)cc2)C(C)=O)c1. The van der Waals surface area contributed by atoms with E-state index in [9.17, 15) is 18.8 Å². The fraction of sp³-hybridized carbons (Fsp3) is 0.211. The molecule has 0 aromatic heterocycles. The van der Waals surface area contributed by atoms with Gasteiger partial charge in [0.25, 0.3) is 5.91 Å². The Bertz CT molecular complexity index is 806. The maximum atomic E-state index is 12.9. The van der Waals surface area contributed by atoms with E-state index < -0.39 is 5.82 Å². The summed E-state index contributed by atoms with van der Waals surface area (Å²) < 4.78 is 12.9. The van der Waals surface area contributed by atoms with Crippen LogP contribution >= 0.6 is 0 Å². The van der Waals surface area contributed by atoms with E-state index in [0.717, 1.165) is 0 Å². The van der Waals surface area contributed by atoms with Crippen molar-refractivity contribution in [2.24, 2.45) is 0 Å². The average molecular weight is 357 g/mol. The predicted molar refractivity (Wildman–Crippen MR) is 97.5 cm³/mol. The lowest BCUT2D eigenvalue weighted by molar-refractivity contribution is -0.116. The number of hydrogen-bond donors (Lipinski definition) is 2. The molecule has 2 N–H and O–H groups in total. The topological polar surface area (TPSA) is 78.5 Å². The number of hydrogen-bond acceptors (Lipinski definition) is 3. The molecule has 0 fully saturated rings. The Balaban J connectivity index is 2.00. The molecule has 0 bridgehead atoms. The monoisotopic (exact) mass is 357 g/mol. The van der Waals surface area contributed by atoms with Crippen LogP contribution in [-0.4, -0.2) is 30.8 Å². The van der Waals surface area contributed by atoms with Crippen molar-refractivity contribution in [3.8, 4) is 0 Å². The number of halogens is 1. The zero-order valence-corrected chi connectivity index (χ0v) is 14.6. The van der Waals surface area contributed by atoms with Gasteiger partial charge in [-0.1, -0.05) is 6.07 Å². The van der Waals surface area contributed by atoms with Crippen LogP contribution in [0.4, 0.5) is 15.8 Å². The van der Waals surface area contributed by atoms with Gasteiger partial charge in [0.05, 0.1) is 0 Å². The Hall–Kier alpha value is -3.22. The summed E-state index contributed by atoms with van der Waals surface area (Å²) in [5.41, 5.74) is 1.53. The first-order valence-corrected chi connectivity index (χ1v) is 8.06. The highest BCUT2D eigenvalue weighted by atomic mass is 19.1. The first kappa shape index (κ1) is 19.1. The molecule has 0 aliphatic heterocycles. The van der Waals surface area contributed by atoms with Crippen LogP contribution in [0.15, 0.2) is 48.5 Å². The maximum absolute atomic E-state index is 12.9. The minimum Gasteiger partial charge on any atom is -0.350 e. The van der Waals surface area contributed by atoms with Crippen molar-refractivity contribution < 1.29 is 18.8 Å². The molecule has 3 amide bonds. The second-order valence-electron chi connectivity index (χ2n) is 5.66. The van der Waals surface area contributed by atoms with Crippen LogP contribution in [0.2, 0.25) is 0 Å². The van der Waals surface area contributed by atoms with E-state index in [1.807, 2.05) is 0 Å². The predicted octanol–water partition coefficient (Wildman–Crippen LogP) is 2.57. The van der Waals surface area contributed by atoms with E-state index in [0.29, 0.717) is 16.9 Å². The van der Waals surface area contributed by atoms with Crippen LogP contribution in [-0.2, 0) is 9.59 Å². The summed E-state index contributed by atoms with van der Waals surface area (Å²) in [7, 11) is 0. The first-order chi connectivity index (χ1) is 12.4. The Morgan fingerprint density at radius 1 is 1.04 bits per heavy atom. The molecule has 0 unspecified atom stereocenters. The summed E-state index contributed by atoms with van der Waals surface area (Å²) in [4.78, 5) is 36.6. The standard InChI is InChI=1S/C19H20FN3O3/c1-13(24)22-17-4-3-5-18(12-17)23(14(2)25)11-10-21-19(26)15-6-8-16(20)9-7-15/h3-9,12H,10-11H2,1-2H3,(H,21,26)(H,22,24). The Labute approximate surface area is 151 Å². The van der Waals surface area contributed by atoms with Crippen LogP contribution < -0.4 is 15.5 Å². The third-order valence-corrected chi connectivity index (χ3v) is 3.59. The van der Waals surface area contributed by atoms with E-state index in [1.165, 1.54) is 43.0 Å². The quantitative estimate of drug-likeness (QED) is 0.834. The van der Waals surface area contributed by atoms with E-state index in [-0.39, 0.29) is 30.8 Å². The largest absolute Gasteiger partial charge is 0.350 e. The van der Waals surface area contributed by atoms with Gasteiger partial charge in [-0.3, -0.25) is 14.4 Å². The van der Waals surface area contributed by atoms with Gasteiger partial charge in [-0.05, 0) is 42.5 Å². The van der Waals surface area contributed by atoms with Crippen LogP contribution in [0.3, 0.4) is 0 Å². The van der Waals surface area contributed by atoms with Gasteiger partial charge in [-0.2, -0.15) is 0 Å². The Kier molecular flexibility index (Phi) is 6.43. The molecule has 2 rings (SSSR count). The van der Waals surface area contributed by atoms with Gasteiger partial charge in [0.1, 0.15) is 5.82 Å². The zero-order chi connectivity index (χ0) is 19.1. The van der Waals surface area contributed by atoms with Crippen molar-refractivity contribution in [1.29, 1.82) is 0 Å². The van der Waals surface area contributed by atoms with Crippen molar-refractivity contribution in [2.75, 3.05) is 23.3 Å². The van der Waals surface area contributed by atoms with Gasteiger partial charge >= 0.3 is 0 Å². The van der Waals surface area contributed by atoms with Crippen molar-refractivity contribution in [2.45, 2.75) is 13.8 Å².